The molecule has 2 N–H and O–H groups in total. The first-order valence-corrected chi connectivity index (χ1v) is 6.25. The smallest absolute Gasteiger partial charge is 0.240 e. The van der Waals surface area contributed by atoms with Gasteiger partial charge in [-0.1, -0.05) is 16.8 Å². The minimum Gasteiger partial charge on any atom is -0.496 e. The third-order valence-corrected chi connectivity index (χ3v) is 3.80. The molecule has 0 amide bonds. The summed E-state index contributed by atoms with van der Waals surface area (Å²) in [5.74, 6) is 1.54. The van der Waals surface area contributed by atoms with Crippen LogP contribution < -0.4 is 10.5 Å². The summed E-state index contributed by atoms with van der Waals surface area (Å²) >= 11 is 6.34. The van der Waals surface area contributed by atoms with Gasteiger partial charge in [-0.3, -0.25) is 0 Å². The predicted molar refractivity (Wildman–Crippen MR) is 73.4 cm³/mol. The fraction of sp³-hybridized carbons (Fsp3) is 0.385. The van der Waals surface area contributed by atoms with Crippen LogP contribution in [0.15, 0.2) is 4.52 Å². The van der Waals surface area contributed by atoms with Crippen LogP contribution in [-0.4, -0.2) is 17.3 Å². The first-order chi connectivity index (χ1) is 9.01. The molecule has 6 heteroatoms. The molecule has 0 aliphatic heterocycles. The van der Waals surface area contributed by atoms with Gasteiger partial charge in [0.25, 0.3) is 0 Å². The third kappa shape index (κ3) is 2.19. The van der Waals surface area contributed by atoms with Gasteiger partial charge in [-0.2, -0.15) is 4.98 Å². The van der Waals surface area contributed by atoms with Crippen molar-refractivity contribution in [1.29, 1.82) is 0 Å². The minimum atomic E-state index is 0.201. The van der Waals surface area contributed by atoms with E-state index in [0.717, 1.165) is 22.3 Å². The highest BCUT2D eigenvalue weighted by Crippen LogP contribution is 2.40. The van der Waals surface area contributed by atoms with E-state index < -0.39 is 0 Å². The van der Waals surface area contributed by atoms with Crippen LogP contribution in [0.2, 0.25) is 5.02 Å². The molecule has 1 aromatic carbocycles. The molecule has 0 atom stereocenters. The van der Waals surface area contributed by atoms with Gasteiger partial charge in [-0.25, -0.2) is 0 Å². The summed E-state index contributed by atoms with van der Waals surface area (Å²) in [4.78, 5) is 4.24. The second-order valence-electron chi connectivity index (χ2n) is 4.31. The van der Waals surface area contributed by atoms with Gasteiger partial charge in [-0.05, 0) is 37.5 Å². The number of benzene rings is 1. The number of rotatable bonds is 3. The van der Waals surface area contributed by atoms with Gasteiger partial charge < -0.3 is 15.0 Å². The Morgan fingerprint density at radius 3 is 2.42 bits per heavy atom. The van der Waals surface area contributed by atoms with Gasteiger partial charge in [0.2, 0.25) is 11.7 Å². The van der Waals surface area contributed by atoms with Gasteiger partial charge in [-0.15, -0.1) is 0 Å². The highest BCUT2D eigenvalue weighted by molar-refractivity contribution is 6.32. The summed E-state index contributed by atoms with van der Waals surface area (Å²) in [6.07, 6.45) is 0. The van der Waals surface area contributed by atoms with Crippen LogP contribution >= 0.6 is 11.6 Å². The number of ether oxygens (including phenoxy) is 1. The molecule has 2 aromatic rings. The predicted octanol–water partition coefficient (Wildman–Crippen LogP) is 2.78. The van der Waals surface area contributed by atoms with Gasteiger partial charge >= 0.3 is 0 Å². The quantitative estimate of drug-likeness (QED) is 0.936. The average Bonchev–Trinajstić information content (AvgIpc) is 2.88. The molecule has 0 bridgehead atoms. The molecule has 0 saturated heterocycles. The van der Waals surface area contributed by atoms with Crippen LogP contribution in [0, 0.1) is 20.8 Å². The maximum absolute atomic E-state index is 6.34. The molecule has 0 aliphatic rings. The van der Waals surface area contributed by atoms with Crippen molar-refractivity contribution >= 4 is 11.6 Å². The monoisotopic (exact) mass is 281 g/mol. The van der Waals surface area contributed by atoms with Crippen molar-refractivity contribution in [2.24, 2.45) is 5.73 Å². The van der Waals surface area contributed by atoms with E-state index in [2.05, 4.69) is 10.1 Å². The normalized spacial score (nSPS) is 10.8. The van der Waals surface area contributed by atoms with E-state index in [9.17, 15) is 0 Å². The van der Waals surface area contributed by atoms with Crippen LogP contribution in [0.25, 0.3) is 11.4 Å². The molecule has 0 spiro atoms. The van der Waals surface area contributed by atoms with Crippen LogP contribution in [0.5, 0.6) is 5.75 Å². The molecule has 2 rings (SSSR count). The van der Waals surface area contributed by atoms with Crippen molar-refractivity contribution in [1.82, 2.24) is 10.1 Å². The van der Waals surface area contributed by atoms with E-state index >= 15 is 0 Å². The Balaban J connectivity index is 2.74. The second kappa shape index (κ2) is 5.19. The Hall–Kier alpha value is -1.59. The molecule has 19 heavy (non-hydrogen) atoms. The van der Waals surface area contributed by atoms with E-state index in [1.807, 2.05) is 20.8 Å². The zero-order valence-electron chi connectivity index (χ0n) is 11.4. The third-order valence-electron chi connectivity index (χ3n) is 3.23. The summed E-state index contributed by atoms with van der Waals surface area (Å²) in [5, 5.41) is 4.62. The highest BCUT2D eigenvalue weighted by atomic mass is 35.5. The molecule has 1 heterocycles. The maximum Gasteiger partial charge on any atom is 0.240 e. The van der Waals surface area contributed by atoms with Crippen LogP contribution in [0.4, 0.5) is 0 Å². The van der Waals surface area contributed by atoms with Crippen molar-refractivity contribution in [3.8, 4) is 17.1 Å². The number of halogens is 1. The Bertz CT molecular complexity index is 623. The van der Waals surface area contributed by atoms with Gasteiger partial charge in [0.05, 0.1) is 19.2 Å². The van der Waals surface area contributed by atoms with E-state index in [0.29, 0.717) is 22.5 Å². The van der Waals surface area contributed by atoms with Gasteiger partial charge in [0, 0.05) is 5.02 Å². The summed E-state index contributed by atoms with van der Waals surface area (Å²) in [6.45, 7) is 6.02. The molecular weight excluding hydrogens is 266 g/mol. The SMILES string of the molecule is COc1c(C)c(C)c(Cl)c(C)c1-c1noc(CN)n1. The zero-order valence-corrected chi connectivity index (χ0v) is 12.1. The molecule has 1 aromatic heterocycles. The molecule has 102 valence electrons. The molecular formula is C13H16ClN3O2. The zero-order chi connectivity index (χ0) is 14.2. The first-order valence-electron chi connectivity index (χ1n) is 5.87. The highest BCUT2D eigenvalue weighted by Gasteiger charge is 2.22. The number of methoxy groups -OCH3 is 1. The molecule has 0 fully saturated rings. The Labute approximate surface area is 116 Å². The number of hydrogen-bond donors (Lipinski definition) is 1. The van der Waals surface area contributed by atoms with Crippen LogP contribution in [0.1, 0.15) is 22.6 Å². The fourth-order valence-electron chi connectivity index (χ4n) is 2.05. The molecule has 0 radical (unpaired) electrons. The van der Waals surface area contributed by atoms with Crippen molar-refractivity contribution < 1.29 is 9.26 Å². The van der Waals surface area contributed by atoms with E-state index in [1.165, 1.54) is 0 Å². The van der Waals surface area contributed by atoms with E-state index in [-0.39, 0.29) is 6.54 Å². The van der Waals surface area contributed by atoms with Gasteiger partial charge in [0.1, 0.15) is 5.75 Å². The van der Waals surface area contributed by atoms with Crippen molar-refractivity contribution in [3.63, 3.8) is 0 Å². The van der Waals surface area contributed by atoms with E-state index in [1.54, 1.807) is 7.11 Å². The number of hydrogen-bond acceptors (Lipinski definition) is 5. The summed E-state index contributed by atoms with van der Waals surface area (Å²) < 4.78 is 10.5. The number of nitrogens with zero attached hydrogens (tertiary/aromatic N) is 2. The van der Waals surface area contributed by atoms with Crippen LogP contribution in [-0.2, 0) is 6.54 Å². The fourth-order valence-corrected chi connectivity index (χ4v) is 2.28. The van der Waals surface area contributed by atoms with E-state index in [4.69, 9.17) is 26.6 Å². The molecule has 0 saturated carbocycles. The van der Waals surface area contributed by atoms with Gasteiger partial charge in [0.15, 0.2) is 0 Å². The Morgan fingerprint density at radius 1 is 1.21 bits per heavy atom. The lowest BCUT2D eigenvalue weighted by Crippen LogP contribution is -2.00. The lowest BCUT2D eigenvalue weighted by Gasteiger charge is -2.16. The molecule has 0 aliphatic carbocycles. The topological polar surface area (TPSA) is 74.2 Å². The average molecular weight is 282 g/mol. The van der Waals surface area contributed by atoms with Crippen molar-refractivity contribution in [2.45, 2.75) is 27.3 Å². The lowest BCUT2D eigenvalue weighted by atomic mass is 9.98. The number of aromatic nitrogens is 2. The molecule has 0 unspecified atom stereocenters. The standard InChI is InChI=1S/C13H16ClN3O2/c1-6-7(2)12(18-4)10(8(3)11(6)14)13-16-9(5-15)19-17-13/h5,15H2,1-4H3. The first kappa shape index (κ1) is 13.8. The summed E-state index contributed by atoms with van der Waals surface area (Å²) in [5.41, 5.74) is 9.05. The van der Waals surface area contributed by atoms with Crippen molar-refractivity contribution in [2.75, 3.05) is 7.11 Å². The van der Waals surface area contributed by atoms with Crippen molar-refractivity contribution in [3.05, 3.63) is 27.6 Å². The summed E-state index contributed by atoms with van der Waals surface area (Å²) in [6, 6.07) is 0. The number of nitrogens with two attached hydrogens (primary N) is 1. The summed E-state index contributed by atoms with van der Waals surface area (Å²) in [7, 11) is 1.61. The van der Waals surface area contributed by atoms with Crippen LogP contribution in [0.3, 0.4) is 0 Å². The minimum absolute atomic E-state index is 0.201. The Kier molecular flexibility index (Phi) is 3.78. The second-order valence-corrected chi connectivity index (χ2v) is 4.69. The molecule has 5 nitrogen and oxygen atoms in total. The lowest BCUT2D eigenvalue weighted by molar-refractivity contribution is 0.379. The largest absolute Gasteiger partial charge is 0.496 e. The maximum atomic E-state index is 6.34. The Morgan fingerprint density at radius 2 is 1.89 bits per heavy atom.